The van der Waals surface area contributed by atoms with Crippen LogP contribution in [0.5, 0.6) is 0 Å². The monoisotopic (exact) mass is 260 g/mol. The van der Waals surface area contributed by atoms with Crippen molar-refractivity contribution in [2.75, 3.05) is 19.6 Å². The summed E-state index contributed by atoms with van der Waals surface area (Å²) in [6.07, 6.45) is 2.52. The molecule has 1 saturated heterocycles. The van der Waals surface area contributed by atoms with Gasteiger partial charge < -0.3 is 5.32 Å². The zero-order valence-electron chi connectivity index (χ0n) is 12.7. The van der Waals surface area contributed by atoms with Crippen LogP contribution in [-0.2, 0) is 6.54 Å². The molecule has 0 radical (unpaired) electrons. The average Bonchev–Trinajstić information content (AvgIpc) is 2.66. The summed E-state index contributed by atoms with van der Waals surface area (Å²) in [7, 11) is 0. The molecule has 2 unspecified atom stereocenters. The van der Waals surface area contributed by atoms with E-state index in [0.29, 0.717) is 6.04 Å². The van der Waals surface area contributed by atoms with Crippen LogP contribution >= 0.6 is 0 Å². The Balaban J connectivity index is 2.01. The smallest absolute Gasteiger partial charge is 0.0237 e. The highest BCUT2D eigenvalue weighted by atomic mass is 15.2. The highest BCUT2D eigenvalue weighted by Gasteiger charge is 2.21. The first-order valence-corrected chi connectivity index (χ1v) is 7.71. The quantitative estimate of drug-likeness (QED) is 0.894. The highest BCUT2D eigenvalue weighted by molar-refractivity contribution is 5.25. The lowest BCUT2D eigenvalue weighted by atomic mass is 9.98. The van der Waals surface area contributed by atoms with Crippen molar-refractivity contribution < 1.29 is 0 Å². The van der Waals surface area contributed by atoms with E-state index in [2.05, 4.69) is 55.3 Å². The molecule has 1 aromatic carbocycles. The van der Waals surface area contributed by atoms with E-state index in [1.807, 2.05) is 0 Å². The summed E-state index contributed by atoms with van der Waals surface area (Å²) in [5.41, 5.74) is 2.90. The third-order valence-corrected chi connectivity index (χ3v) is 4.50. The molecule has 1 heterocycles. The van der Waals surface area contributed by atoms with Gasteiger partial charge in [-0.05, 0) is 43.5 Å². The maximum absolute atomic E-state index is 3.72. The number of nitrogens with one attached hydrogen (secondary N) is 1. The highest BCUT2D eigenvalue weighted by Crippen LogP contribution is 2.16. The Hall–Kier alpha value is -0.860. The minimum atomic E-state index is 0.650. The van der Waals surface area contributed by atoms with Crippen LogP contribution in [0.1, 0.15) is 37.8 Å². The molecular formula is C17H28N2. The lowest BCUT2D eigenvalue weighted by molar-refractivity contribution is 0.231. The van der Waals surface area contributed by atoms with Gasteiger partial charge in [-0.3, -0.25) is 4.90 Å². The SMILES string of the molecule is CCC(C)C1CN(Cc2ccccc2C)CCCN1. The molecule has 0 amide bonds. The fourth-order valence-electron chi connectivity index (χ4n) is 2.86. The number of rotatable bonds is 4. The molecule has 0 bridgehead atoms. The summed E-state index contributed by atoms with van der Waals surface area (Å²) in [6, 6.07) is 9.43. The first kappa shape index (κ1) is 14.5. The second-order valence-corrected chi connectivity index (χ2v) is 5.96. The number of hydrogen-bond donors (Lipinski definition) is 1. The zero-order valence-corrected chi connectivity index (χ0v) is 12.7. The van der Waals surface area contributed by atoms with Crippen molar-refractivity contribution in [3.05, 3.63) is 35.4 Å². The lowest BCUT2D eigenvalue weighted by Crippen LogP contribution is -2.41. The van der Waals surface area contributed by atoms with Crippen molar-refractivity contribution in [1.82, 2.24) is 10.2 Å². The third-order valence-electron chi connectivity index (χ3n) is 4.50. The zero-order chi connectivity index (χ0) is 13.7. The Morgan fingerprint density at radius 1 is 1.37 bits per heavy atom. The van der Waals surface area contributed by atoms with Crippen molar-refractivity contribution in [3.8, 4) is 0 Å². The number of hydrogen-bond acceptors (Lipinski definition) is 2. The number of benzene rings is 1. The second-order valence-electron chi connectivity index (χ2n) is 5.96. The van der Waals surface area contributed by atoms with E-state index in [0.717, 1.165) is 12.5 Å². The third kappa shape index (κ3) is 4.05. The van der Waals surface area contributed by atoms with Gasteiger partial charge in [0.25, 0.3) is 0 Å². The van der Waals surface area contributed by atoms with Crippen molar-refractivity contribution in [3.63, 3.8) is 0 Å². The van der Waals surface area contributed by atoms with Crippen LogP contribution in [0.3, 0.4) is 0 Å². The van der Waals surface area contributed by atoms with Crippen molar-refractivity contribution in [1.29, 1.82) is 0 Å². The summed E-state index contributed by atoms with van der Waals surface area (Å²) < 4.78 is 0. The molecule has 2 heteroatoms. The Morgan fingerprint density at radius 3 is 2.89 bits per heavy atom. The second kappa shape index (κ2) is 7.06. The predicted octanol–water partition coefficient (Wildman–Crippen LogP) is 3.21. The van der Waals surface area contributed by atoms with Crippen LogP contribution in [0.25, 0.3) is 0 Å². The van der Waals surface area contributed by atoms with Gasteiger partial charge in [0, 0.05) is 19.1 Å². The van der Waals surface area contributed by atoms with Gasteiger partial charge in [0.05, 0.1) is 0 Å². The largest absolute Gasteiger partial charge is 0.312 e. The van der Waals surface area contributed by atoms with Crippen LogP contribution in [0.15, 0.2) is 24.3 Å². The van der Waals surface area contributed by atoms with E-state index in [4.69, 9.17) is 0 Å². The topological polar surface area (TPSA) is 15.3 Å². The van der Waals surface area contributed by atoms with E-state index < -0.39 is 0 Å². The van der Waals surface area contributed by atoms with Gasteiger partial charge in [0.15, 0.2) is 0 Å². The molecule has 19 heavy (non-hydrogen) atoms. The van der Waals surface area contributed by atoms with E-state index in [1.54, 1.807) is 0 Å². The van der Waals surface area contributed by atoms with E-state index in [-0.39, 0.29) is 0 Å². The fourth-order valence-corrected chi connectivity index (χ4v) is 2.86. The Bertz CT molecular complexity index is 389. The standard InChI is InChI=1S/C17H28N2/c1-4-14(2)17-13-19(11-7-10-18-17)12-16-9-6-5-8-15(16)3/h5-6,8-9,14,17-18H,4,7,10-13H2,1-3H3. The first-order valence-electron chi connectivity index (χ1n) is 7.71. The summed E-state index contributed by atoms with van der Waals surface area (Å²) >= 11 is 0. The van der Waals surface area contributed by atoms with Crippen LogP contribution in [0.4, 0.5) is 0 Å². The van der Waals surface area contributed by atoms with Crippen molar-refractivity contribution >= 4 is 0 Å². The van der Waals surface area contributed by atoms with E-state index in [9.17, 15) is 0 Å². The van der Waals surface area contributed by atoms with Gasteiger partial charge >= 0.3 is 0 Å². The van der Waals surface area contributed by atoms with Gasteiger partial charge in [0.2, 0.25) is 0 Å². The molecule has 2 rings (SSSR count). The van der Waals surface area contributed by atoms with Crippen molar-refractivity contribution in [2.24, 2.45) is 5.92 Å². The molecule has 1 fully saturated rings. The maximum Gasteiger partial charge on any atom is 0.0237 e. The molecule has 1 aliphatic rings. The van der Waals surface area contributed by atoms with E-state index >= 15 is 0 Å². The lowest BCUT2D eigenvalue weighted by Gasteiger charge is -2.28. The first-order chi connectivity index (χ1) is 9.20. The minimum Gasteiger partial charge on any atom is -0.312 e. The molecule has 0 spiro atoms. The molecule has 0 saturated carbocycles. The van der Waals surface area contributed by atoms with E-state index in [1.165, 1.54) is 43.6 Å². The molecule has 1 aliphatic heterocycles. The Labute approximate surface area is 118 Å². The van der Waals surface area contributed by atoms with Gasteiger partial charge in [-0.1, -0.05) is 44.5 Å². The molecule has 0 aliphatic carbocycles. The molecule has 2 atom stereocenters. The van der Waals surface area contributed by atoms with Crippen LogP contribution < -0.4 is 5.32 Å². The summed E-state index contributed by atoms with van der Waals surface area (Å²) in [4.78, 5) is 2.62. The number of aryl methyl sites for hydroxylation is 1. The normalized spacial score (nSPS) is 23.0. The summed E-state index contributed by atoms with van der Waals surface area (Å²) in [6.45, 7) is 11.5. The number of nitrogens with zero attached hydrogens (tertiary/aromatic N) is 1. The van der Waals surface area contributed by atoms with Gasteiger partial charge in [-0.25, -0.2) is 0 Å². The Morgan fingerprint density at radius 2 is 2.16 bits per heavy atom. The van der Waals surface area contributed by atoms with Gasteiger partial charge in [0.1, 0.15) is 0 Å². The molecular weight excluding hydrogens is 232 g/mol. The summed E-state index contributed by atoms with van der Waals surface area (Å²) in [5, 5.41) is 3.72. The predicted molar refractivity (Wildman–Crippen MR) is 82.3 cm³/mol. The molecule has 1 N–H and O–H groups in total. The maximum atomic E-state index is 3.72. The van der Waals surface area contributed by atoms with Crippen LogP contribution in [0, 0.1) is 12.8 Å². The van der Waals surface area contributed by atoms with Crippen molar-refractivity contribution in [2.45, 2.75) is 46.2 Å². The molecule has 2 nitrogen and oxygen atoms in total. The van der Waals surface area contributed by atoms with Crippen LogP contribution in [0.2, 0.25) is 0 Å². The van der Waals surface area contributed by atoms with Gasteiger partial charge in [-0.15, -0.1) is 0 Å². The minimum absolute atomic E-state index is 0.650. The van der Waals surface area contributed by atoms with Crippen LogP contribution in [-0.4, -0.2) is 30.6 Å². The molecule has 1 aromatic rings. The summed E-state index contributed by atoms with van der Waals surface area (Å²) in [5.74, 6) is 0.762. The van der Waals surface area contributed by atoms with Gasteiger partial charge in [-0.2, -0.15) is 0 Å². The Kier molecular flexibility index (Phi) is 5.41. The average molecular weight is 260 g/mol. The molecule has 106 valence electrons. The molecule has 0 aromatic heterocycles. The fraction of sp³-hybridized carbons (Fsp3) is 0.647.